The lowest BCUT2D eigenvalue weighted by atomic mass is 9.90. The molecule has 0 aliphatic heterocycles. The molecule has 1 aromatic rings. The van der Waals surface area contributed by atoms with E-state index in [1.165, 1.54) is 37.1 Å². The summed E-state index contributed by atoms with van der Waals surface area (Å²) in [6.45, 7) is 1.74. The number of hydrogen-bond acceptors (Lipinski definition) is 3. The first-order valence-corrected chi connectivity index (χ1v) is 7.22. The maximum absolute atomic E-state index is 10.8. The molecule has 17 heavy (non-hydrogen) atoms. The van der Waals surface area contributed by atoms with E-state index in [-0.39, 0.29) is 5.92 Å². The SMILES string of the molecule is CC(Cc1csc(C2CCCCC2)n1)C(=O)O. The van der Waals surface area contributed by atoms with E-state index in [2.05, 4.69) is 4.98 Å². The summed E-state index contributed by atoms with van der Waals surface area (Å²) in [5.74, 6) is -0.448. The van der Waals surface area contributed by atoms with Crippen LogP contribution >= 0.6 is 11.3 Å². The van der Waals surface area contributed by atoms with Gasteiger partial charge in [0, 0.05) is 17.7 Å². The molecule has 1 fully saturated rings. The molecule has 0 aromatic carbocycles. The minimum Gasteiger partial charge on any atom is -0.481 e. The predicted molar refractivity (Wildman–Crippen MR) is 68.4 cm³/mol. The first kappa shape index (κ1) is 12.6. The van der Waals surface area contributed by atoms with Gasteiger partial charge in [-0.15, -0.1) is 11.3 Å². The van der Waals surface area contributed by atoms with Crippen LogP contribution in [0.25, 0.3) is 0 Å². The molecule has 1 aliphatic carbocycles. The third-order valence-corrected chi connectivity index (χ3v) is 4.52. The highest BCUT2D eigenvalue weighted by atomic mass is 32.1. The number of rotatable bonds is 4. The number of carbonyl (C=O) groups is 1. The smallest absolute Gasteiger partial charge is 0.306 e. The van der Waals surface area contributed by atoms with Crippen molar-refractivity contribution in [2.75, 3.05) is 0 Å². The van der Waals surface area contributed by atoms with Crippen molar-refractivity contribution in [3.05, 3.63) is 16.1 Å². The van der Waals surface area contributed by atoms with Crippen molar-refractivity contribution in [1.29, 1.82) is 0 Å². The van der Waals surface area contributed by atoms with Crippen molar-refractivity contribution >= 4 is 17.3 Å². The number of carboxylic acid groups (broad SMARTS) is 1. The minimum atomic E-state index is -0.739. The molecule has 0 radical (unpaired) electrons. The van der Waals surface area contributed by atoms with Gasteiger partial charge in [0.1, 0.15) is 0 Å². The van der Waals surface area contributed by atoms with Gasteiger partial charge in [-0.25, -0.2) is 4.98 Å². The standard InChI is InChI=1S/C13H19NO2S/c1-9(13(15)16)7-11-8-17-12(14-11)10-5-3-2-4-6-10/h8-10H,2-7H2,1H3,(H,15,16). The van der Waals surface area contributed by atoms with E-state index in [4.69, 9.17) is 5.11 Å². The Hall–Kier alpha value is -0.900. The molecule has 1 heterocycles. The summed E-state index contributed by atoms with van der Waals surface area (Å²) >= 11 is 1.71. The molecule has 1 aliphatic rings. The van der Waals surface area contributed by atoms with E-state index in [9.17, 15) is 4.79 Å². The van der Waals surface area contributed by atoms with Crippen molar-refractivity contribution in [1.82, 2.24) is 4.98 Å². The van der Waals surface area contributed by atoms with Gasteiger partial charge < -0.3 is 5.11 Å². The highest BCUT2D eigenvalue weighted by Gasteiger charge is 2.20. The van der Waals surface area contributed by atoms with Crippen LogP contribution in [0.3, 0.4) is 0 Å². The van der Waals surface area contributed by atoms with Crippen molar-refractivity contribution < 1.29 is 9.90 Å². The molecule has 1 aromatic heterocycles. The molecule has 1 saturated carbocycles. The van der Waals surface area contributed by atoms with E-state index < -0.39 is 5.97 Å². The van der Waals surface area contributed by atoms with Crippen LogP contribution in [0.15, 0.2) is 5.38 Å². The van der Waals surface area contributed by atoms with Crippen LogP contribution in [0.1, 0.15) is 55.6 Å². The fourth-order valence-corrected chi connectivity index (χ4v) is 3.36. The van der Waals surface area contributed by atoms with E-state index in [0.717, 1.165) is 5.69 Å². The van der Waals surface area contributed by atoms with Gasteiger partial charge in [-0.3, -0.25) is 4.79 Å². The summed E-state index contributed by atoms with van der Waals surface area (Å²) < 4.78 is 0. The second-order valence-corrected chi connectivity index (χ2v) is 5.85. The average molecular weight is 253 g/mol. The fraction of sp³-hybridized carbons (Fsp3) is 0.692. The maximum atomic E-state index is 10.8. The highest BCUT2D eigenvalue weighted by Crippen LogP contribution is 2.34. The summed E-state index contributed by atoms with van der Waals surface area (Å²) in [5, 5.41) is 12.1. The monoisotopic (exact) mass is 253 g/mol. The van der Waals surface area contributed by atoms with Crippen LogP contribution in [-0.4, -0.2) is 16.1 Å². The van der Waals surface area contributed by atoms with E-state index >= 15 is 0 Å². The van der Waals surface area contributed by atoms with Gasteiger partial charge in [0.05, 0.1) is 16.6 Å². The first-order valence-electron chi connectivity index (χ1n) is 6.34. The number of aliphatic carboxylic acids is 1. The molecule has 1 atom stereocenters. The molecule has 3 nitrogen and oxygen atoms in total. The van der Waals surface area contributed by atoms with Crippen LogP contribution < -0.4 is 0 Å². The summed E-state index contributed by atoms with van der Waals surface area (Å²) in [6, 6.07) is 0. The second-order valence-electron chi connectivity index (χ2n) is 4.96. The normalized spacial score (nSPS) is 19.1. The summed E-state index contributed by atoms with van der Waals surface area (Å²) in [7, 11) is 0. The Balaban J connectivity index is 1.97. The molecule has 0 saturated heterocycles. The first-order chi connectivity index (χ1) is 8.16. The van der Waals surface area contributed by atoms with Gasteiger partial charge in [0.2, 0.25) is 0 Å². The Morgan fingerprint density at radius 2 is 2.24 bits per heavy atom. The highest BCUT2D eigenvalue weighted by molar-refractivity contribution is 7.09. The Kier molecular flexibility index (Phi) is 4.15. The zero-order valence-corrected chi connectivity index (χ0v) is 11.0. The number of nitrogens with zero attached hydrogens (tertiary/aromatic N) is 1. The van der Waals surface area contributed by atoms with Crippen LogP contribution in [-0.2, 0) is 11.2 Å². The number of thiazole rings is 1. The van der Waals surface area contributed by atoms with Gasteiger partial charge in [0.25, 0.3) is 0 Å². The fourth-order valence-electron chi connectivity index (χ4n) is 2.35. The Morgan fingerprint density at radius 1 is 1.53 bits per heavy atom. The third kappa shape index (κ3) is 3.28. The zero-order valence-electron chi connectivity index (χ0n) is 10.2. The quantitative estimate of drug-likeness (QED) is 0.894. The molecular formula is C13H19NO2S. The van der Waals surface area contributed by atoms with E-state index in [1.54, 1.807) is 18.3 Å². The lowest BCUT2D eigenvalue weighted by molar-refractivity contribution is -0.141. The van der Waals surface area contributed by atoms with Crippen LogP contribution in [0.2, 0.25) is 0 Å². The Labute approximate surface area is 106 Å². The third-order valence-electron chi connectivity index (χ3n) is 3.46. The molecular weight excluding hydrogens is 234 g/mol. The largest absolute Gasteiger partial charge is 0.481 e. The number of carboxylic acids is 1. The zero-order chi connectivity index (χ0) is 12.3. The van der Waals surface area contributed by atoms with E-state index in [1.807, 2.05) is 5.38 Å². The summed E-state index contributed by atoms with van der Waals surface area (Å²) in [5.41, 5.74) is 0.950. The topological polar surface area (TPSA) is 50.2 Å². The van der Waals surface area contributed by atoms with Crippen molar-refractivity contribution in [2.45, 2.75) is 51.4 Å². The van der Waals surface area contributed by atoms with E-state index in [0.29, 0.717) is 12.3 Å². The molecule has 2 rings (SSSR count). The van der Waals surface area contributed by atoms with Crippen molar-refractivity contribution in [2.24, 2.45) is 5.92 Å². The molecule has 0 amide bonds. The lowest BCUT2D eigenvalue weighted by Crippen LogP contribution is -2.12. The summed E-state index contributed by atoms with van der Waals surface area (Å²) in [6.07, 6.45) is 7.03. The van der Waals surface area contributed by atoms with Gasteiger partial charge in [-0.05, 0) is 12.8 Å². The average Bonchev–Trinajstić information content (AvgIpc) is 2.78. The van der Waals surface area contributed by atoms with Crippen LogP contribution in [0, 0.1) is 5.92 Å². The summed E-state index contributed by atoms with van der Waals surface area (Å²) in [4.78, 5) is 15.4. The lowest BCUT2D eigenvalue weighted by Gasteiger charge is -2.18. The maximum Gasteiger partial charge on any atom is 0.306 e. The molecule has 1 N–H and O–H groups in total. The molecule has 4 heteroatoms. The van der Waals surface area contributed by atoms with Crippen LogP contribution in [0.4, 0.5) is 0 Å². The number of aromatic nitrogens is 1. The Morgan fingerprint density at radius 3 is 2.88 bits per heavy atom. The van der Waals surface area contributed by atoms with Gasteiger partial charge in [0.15, 0.2) is 0 Å². The van der Waals surface area contributed by atoms with Crippen LogP contribution in [0.5, 0.6) is 0 Å². The molecule has 0 bridgehead atoms. The van der Waals surface area contributed by atoms with Gasteiger partial charge >= 0.3 is 5.97 Å². The van der Waals surface area contributed by atoms with Crippen molar-refractivity contribution in [3.63, 3.8) is 0 Å². The number of hydrogen-bond donors (Lipinski definition) is 1. The Bertz CT molecular complexity index is 383. The second kappa shape index (κ2) is 5.63. The molecule has 1 unspecified atom stereocenters. The van der Waals surface area contributed by atoms with Gasteiger partial charge in [-0.2, -0.15) is 0 Å². The minimum absolute atomic E-state index is 0.337. The van der Waals surface area contributed by atoms with Gasteiger partial charge in [-0.1, -0.05) is 26.2 Å². The molecule has 94 valence electrons. The molecule has 0 spiro atoms. The van der Waals surface area contributed by atoms with Crippen molar-refractivity contribution in [3.8, 4) is 0 Å². The predicted octanol–water partition coefficient (Wildman–Crippen LogP) is 3.45.